The van der Waals surface area contributed by atoms with Crippen molar-refractivity contribution in [2.24, 2.45) is 5.73 Å². The fraction of sp³-hybridized carbons (Fsp3) is 0.0833. The van der Waals surface area contributed by atoms with E-state index in [1.807, 2.05) is 6.07 Å². The molecule has 8 heteroatoms. The lowest BCUT2D eigenvalue weighted by molar-refractivity contribution is -0.118. The van der Waals surface area contributed by atoms with Crippen LogP contribution in [0.1, 0.15) is 16.9 Å². The van der Waals surface area contributed by atoms with E-state index in [4.69, 9.17) is 10.5 Å². The minimum absolute atomic E-state index is 0.119. The predicted octanol–water partition coefficient (Wildman–Crippen LogP) is 2.89. The van der Waals surface area contributed by atoms with Crippen LogP contribution in [0.3, 0.4) is 0 Å². The molecule has 32 heavy (non-hydrogen) atoms. The molecule has 0 aliphatic rings. The molecule has 0 fully saturated rings. The van der Waals surface area contributed by atoms with Crippen molar-refractivity contribution in [1.82, 2.24) is 9.78 Å². The molecular weight excluding hydrogens is 408 g/mol. The minimum atomic E-state index is -0.451. The van der Waals surface area contributed by atoms with Gasteiger partial charge in [-0.25, -0.2) is 0 Å². The van der Waals surface area contributed by atoms with Crippen molar-refractivity contribution in [2.75, 3.05) is 11.9 Å². The first kappa shape index (κ1) is 20.8. The van der Waals surface area contributed by atoms with Crippen molar-refractivity contribution in [3.05, 3.63) is 94.9 Å². The Balaban J connectivity index is 1.63. The SMILES string of the molecule is NC(=O)CCOc1ccc(NC(=O)c2nn(-c3ccccc3)c(=O)c3ccccc23)cc1. The molecular formula is C24H20N4O4. The summed E-state index contributed by atoms with van der Waals surface area (Å²) >= 11 is 0. The fourth-order valence-electron chi connectivity index (χ4n) is 3.20. The Morgan fingerprint density at radius 2 is 1.56 bits per heavy atom. The van der Waals surface area contributed by atoms with Crippen molar-refractivity contribution in [3.8, 4) is 11.4 Å². The van der Waals surface area contributed by atoms with Gasteiger partial charge in [0.05, 0.1) is 24.1 Å². The molecule has 4 aromatic rings. The molecule has 3 N–H and O–H groups in total. The van der Waals surface area contributed by atoms with Crippen molar-refractivity contribution in [1.29, 1.82) is 0 Å². The summed E-state index contributed by atoms with van der Waals surface area (Å²) < 4.78 is 6.66. The van der Waals surface area contributed by atoms with E-state index in [1.54, 1.807) is 72.8 Å². The second kappa shape index (κ2) is 9.13. The Morgan fingerprint density at radius 1 is 0.906 bits per heavy atom. The number of benzene rings is 3. The fourth-order valence-corrected chi connectivity index (χ4v) is 3.20. The van der Waals surface area contributed by atoms with Crippen molar-refractivity contribution < 1.29 is 14.3 Å². The van der Waals surface area contributed by atoms with E-state index >= 15 is 0 Å². The summed E-state index contributed by atoms with van der Waals surface area (Å²) in [6.07, 6.45) is 0.119. The topological polar surface area (TPSA) is 116 Å². The van der Waals surface area contributed by atoms with E-state index in [0.717, 1.165) is 0 Å². The molecule has 0 bridgehead atoms. The molecule has 1 aromatic heterocycles. The summed E-state index contributed by atoms with van der Waals surface area (Å²) in [5.74, 6) is -0.343. The van der Waals surface area contributed by atoms with Crippen LogP contribution >= 0.6 is 0 Å². The van der Waals surface area contributed by atoms with Crippen LogP contribution in [0.4, 0.5) is 5.69 Å². The standard InChI is InChI=1S/C24H20N4O4/c25-21(29)14-15-32-18-12-10-16(11-13-18)26-23(30)22-19-8-4-5-9-20(19)24(31)28(27-22)17-6-2-1-3-7-17/h1-13H,14-15H2,(H2,25,29)(H,26,30). The molecule has 0 saturated carbocycles. The molecule has 8 nitrogen and oxygen atoms in total. The number of ether oxygens (including phenoxy) is 1. The quantitative estimate of drug-likeness (QED) is 0.470. The van der Waals surface area contributed by atoms with Crippen LogP contribution in [0.15, 0.2) is 83.7 Å². The molecule has 0 spiro atoms. The van der Waals surface area contributed by atoms with Crippen LogP contribution in [0.2, 0.25) is 0 Å². The second-order valence-corrected chi connectivity index (χ2v) is 6.99. The van der Waals surface area contributed by atoms with E-state index < -0.39 is 11.8 Å². The van der Waals surface area contributed by atoms with Gasteiger partial charge in [0.1, 0.15) is 5.75 Å². The largest absolute Gasteiger partial charge is 0.493 e. The number of anilines is 1. The first-order valence-electron chi connectivity index (χ1n) is 9.93. The zero-order valence-electron chi connectivity index (χ0n) is 17.0. The summed E-state index contributed by atoms with van der Waals surface area (Å²) in [6.45, 7) is 0.179. The third-order valence-corrected chi connectivity index (χ3v) is 4.75. The number of nitrogens with two attached hydrogens (primary N) is 1. The molecule has 2 amide bonds. The van der Waals surface area contributed by atoms with Gasteiger partial charge in [-0.15, -0.1) is 0 Å². The highest BCUT2D eigenvalue weighted by atomic mass is 16.5. The molecule has 0 saturated heterocycles. The number of hydrogen-bond donors (Lipinski definition) is 2. The summed E-state index contributed by atoms with van der Waals surface area (Å²) in [6, 6.07) is 22.5. The maximum atomic E-state index is 13.1. The van der Waals surface area contributed by atoms with E-state index in [2.05, 4.69) is 10.4 Å². The number of hydrogen-bond acceptors (Lipinski definition) is 5. The smallest absolute Gasteiger partial charge is 0.279 e. The Bertz CT molecular complexity index is 1330. The highest BCUT2D eigenvalue weighted by Gasteiger charge is 2.17. The molecule has 0 unspecified atom stereocenters. The molecule has 0 aliphatic heterocycles. The number of para-hydroxylation sites is 1. The van der Waals surface area contributed by atoms with Crippen LogP contribution in [-0.4, -0.2) is 28.2 Å². The maximum Gasteiger partial charge on any atom is 0.279 e. The number of amides is 2. The third-order valence-electron chi connectivity index (χ3n) is 4.75. The molecule has 4 rings (SSSR count). The van der Waals surface area contributed by atoms with Gasteiger partial charge in [-0.05, 0) is 42.5 Å². The number of nitrogens with one attached hydrogen (secondary N) is 1. The van der Waals surface area contributed by atoms with Crippen LogP contribution in [0.25, 0.3) is 16.5 Å². The van der Waals surface area contributed by atoms with Gasteiger partial charge in [-0.1, -0.05) is 36.4 Å². The molecule has 3 aromatic carbocycles. The predicted molar refractivity (Wildman–Crippen MR) is 121 cm³/mol. The first-order valence-corrected chi connectivity index (χ1v) is 9.93. The Kier molecular flexibility index (Phi) is 5.94. The average Bonchev–Trinajstić information content (AvgIpc) is 2.81. The summed E-state index contributed by atoms with van der Waals surface area (Å²) in [7, 11) is 0. The lowest BCUT2D eigenvalue weighted by Gasteiger charge is -2.12. The molecule has 0 aliphatic carbocycles. The Morgan fingerprint density at radius 3 is 2.25 bits per heavy atom. The number of aromatic nitrogens is 2. The monoisotopic (exact) mass is 428 g/mol. The van der Waals surface area contributed by atoms with E-state index in [1.165, 1.54) is 4.68 Å². The van der Waals surface area contributed by atoms with Crippen LogP contribution < -0.4 is 21.3 Å². The number of carbonyl (C=O) groups is 2. The van der Waals surface area contributed by atoms with E-state index in [0.29, 0.717) is 27.9 Å². The molecule has 1 heterocycles. The highest BCUT2D eigenvalue weighted by molar-refractivity contribution is 6.11. The molecule has 0 atom stereocenters. The Hall–Kier alpha value is -4.46. The third kappa shape index (κ3) is 4.49. The van der Waals surface area contributed by atoms with Gasteiger partial charge in [-0.3, -0.25) is 14.4 Å². The number of nitrogens with zero attached hydrogens (tertiary/aromatic N) is 2. The van der Waals surface area contributed by atoms with Gasteiger partial charge in [-0.2, -0.15) is 9.78 Å². The molecule has 160 valence electrons. The van der Waals surface area contributed by atoms with E-state index in [9.17, 15) is 14.4 Å². The summed E-state index contributed by atoms with van der Waals surface area (Å²) in [5, 5.41) is 8.03. The average molecular weight is 428 g/mol. The minimum Gasteiger partial charge on any atom is -0.493 e. The Labute approximate surface area is 183 Å². The lowest BCUT2D eigenvalue weighted by Crippen LogP contribution is -2.26. The van der Waals surface area contributed by atoms with Crippen molar-refractivity contribution >= 4 is 28.3 Å². The van der Waals surface area contributed by atoms with Gasteiger partial charge < -0.3 is 15.8 Å². The number of primary amides is 1. The van der Waals surface area contributed by atoms with Gasteiger partial charge in [0, 0.05) is 11.1 Å². The van der Waals surface area contributed by atoms with Crippen LogP contribution in [0.5, 0.6) is 5.75 Å². The van der Waals surface area contributed by atoms with Gasteiger partial charge >= 0.3 is 0 Å². The van der Waals surface area contributed by atoms with Crippen molar-refractivity contribution in [3.63, 3.8) is 0 Å². The van der Waals surface area contributed by atoms with Gasteiger partial charge in [0.25, 0.3) is 11.5 Å². The zero-order chi connectivity index (χ0) is 22.5. The second-order valence-electron chi connectivity index (χ2n) is 6.99. The van der Waals surface area contributed by atoms with E-state index in [-0.39, 0.29) is 24.3 Å². The summed E-state index contributed by atoms with van der Waals surface area (Å²) in [5.41, 5.74) is 6.01. The lowest BCUT2D eigenvalue weighted by atomic mass is 10.1. The normalized spacial score (nSPS) is 10.6. The van der Waals surface area contributed by atoms with Crippen LogP contribution in [0, 0.1) is 0 Å². The number of carbonyl (C=O) groups excluding carboxylic acids is 2. The first-order chi connectivity index (χ1) is 15.5. The number of fused-ring (bicyclic) bond motifs is 1. The van der Waals surface area contributed by atoms with Gasteiger partial charge in [0.15, 0.2) is 5.69 Å². The highest BCUT2D eigenvalue weighted by Crippen LogP contribution is 2.19. The van der Waals surface area contributed by atoms with Gasteiger partial charge in [0.2, 0.25) is 5.91 Å². The van der Waals surface area contributed by atoms with Crippen LogP contribution in [-0.2, 0) is 4.79 Å². The maximum absolute atomic E-state index is 13.1. The zero-order valence-corrected chi connectivity index (χ0v) is 17.0. The van der Waals surface area contributed by atoms with Crippen molar-refractivity contribution in [2.45, 2.75) is 6.42 Å². The molecule has 0 radical (unpaired) electrons. The number of rotatable bonds is 7. The summed E-state index contributed by atoms with van der Waals surface area (Å²) in [4.78, 5) is 36.8.